The zero-order chi connectivity index (χ0) is 31.2. The minimum absolute atomic E-state index is 0.0401. The Morgan fingerprint density at radius 3 is 1.78 bits per heavy atom. The highest BCUT2D eigenvalue weighted by atomic mass is 32.3. The van der Waals surface area contributed by atoms with Crippen molar-refractivity contribution in [1.82, 2.24) is 0 Å². The summed E-state index contributed by atoms with van der Waals surface area (Å²) in [6.45, 7) is -1.24. The van der Waals surface area contributed by atoms with Gasteiger partial charge in [-0.3, -0.25) is 18.2 Å². The number of hydrogen-bond acceptors (Lipinski definition) is 14. The van der Waals surface area contributed by atoms with E-state index in [0.29, 0.717) is 0 Å². The Morgan fingerprint density at radius 1 is 0.659 bits per heavy atom. The van der Waals surface area contributed by atoms with Crippen LogP contribution in [0.25, 0.3) is 10.8 Å². The Labute approximate surface area is 232 Å². The van der Waals surface area contributed by atoms with Gasteiger partial charge in [0.15, 0.2) is 9.84 Å². The van der Waals surface area contributed by atoms with Crippen LogP contribution in [0, 0.1) is 0 Å². The third-order valence-corrected chi connectivity index (χ3v) is 10.1. The standard InChI is InChI=1S/C18H17N3O15S5/c19-12-5-4-10-11(2-1-3-14(10)38(24,25)26)18(12)21-20-13-8-16(37(22,23)7-6-36-41(33,34)35)17(40(30,31)32)9-15(13)39(27,28)29/h1-5,8-9H,6-7,19H2,(H,24,25,26)(H,27,28,29)(H,30,31,32)(H,33,34,35). The highest BCUT2D eigenvalue weighted by Gasteiger charge is 2.31. The van der Waals surface area contributed by atoms with Gasteiger partial charge in [-0.25, -0.2) is 12.6 Å². The summed E-state index contributed by atoms with van der Waals surface area (Å²) in [5, 5.41) is 7.10. The molecule has 0 fully saturated rings. The molecular weight excluding hydrogens is 659 g/mol. The average Bonchev–Trinajstić information content (AvgIpc) is 2.79. The number of nitrogens with two attached hydrogens (primary N) is 1. The van der Waals surface area contributed by atoms with Crippen LogP contribution >= 0.6 is 0 Å². The van der Waals surface area contributed by atoms with Gasteiger partial charge in [-0.05, 0) is 24.3 Å². The van der Waals surface area contributed by atoms with E-state index in [0.717, 1.165) is 12.1 Å². The van der Waals surface area contributed by atoms with Crippen molar-refractivity contribution in [2.75, 3.05) is 18.1 Å². The van der Waals surface area contributed by atoms with Crippen LogP contribution in [0.3, 0.4) is 0 Å². The fraction of sp³-hybridized carbons (Fsp3) is 0.111. The van der Waals surface area contributed by atoms with Gasteiger partial charge in [-0.1, -0.05) is 18.2 Å². The van der Waals surface area contributed by atoms with E-state index in [2.05, 4.69) is 14.4 Å². The van der Waals surface area contributed by atoms with Crippen LogP contribution in [-0.2, 0) is 54.8 Å². The lowest BCUT2D eigenvalue weighted by Crippen LogP contribution is -2.18. The minimum atomic E-state index is -5.53. The molecule has 224 valence electrons. The van der Waals surface area contributed by atoms with Crippen molar-refractivity contribution >= 4 is 78.4 Å². The Hall–Kier alpha value is -3.13. The summed E-state index contributed by atoms with van der Waals surface area (Å²) in [5.41, 5.74) is 4.33. The smallest absolute Gasteiger partial charge is 0.397 e. The second kappa shape index (κ2) is 10.9. The predicted molar refractivity (Wildman–Crippen MR) is 138 cm³/mol. The van der Waals surface area contributed by atoms with Gasteiger partial charge < -0.3 is 5.73 Å². The van der Waals surface area contributed by atoms with E-state index >= 15 is 0 Å². The van der Waals surface area contributed by atoms with E-state index in [4.69, 9.17) is 10.3 Å². The first-order valence-corrected chi connectivity index (χ1v) is 17.5. The highest BCUT2D eigenvalue weighted by Crippen LogP contribution is 2.38. The first kappa shape index (κ1) is 32.4. The van der Waals surface area contributed by atoms with Crippen LogP contribution < -0.4 is 5.73 Å². The summed E-state index contributed by atoms with van der Waals surface area (Å²) in [4.78, 5) is -4.82. The molecule has 18 nitrogen and oxygen atoms in total. The molecule has 0 aliphatic carbocycles. The number of hydrogen-bond donors (Lipinski definition) is 5. The van der Waals surface area contributed by atoms with Gasteiger partial charge >= 0.3 is 10.4 Å². The summed E-state index contributed by atoms with van der Waals surface area (Å²) in [5.74, 6) is -1.33. The van der Waals surface area contributed by atoms with E-state index in [1.165, 1.54) is 18.2 Å². The lowest BCUT2D eigenvalue weighted by molar-refractivity contribution is 0.283. The lowest BCUT2D eigenvalue weighted by atomic mass is 10.1. The van der Waals surface area contributed by atoms with Crippen molar-refractivity contribution in [2.24, 2.45) is 10.2 Å². The molecule has 0 aromatic heterocycles. The van der Waals surface area contributed by atoms with Crippen molar-refractivity contribution in [3.63, 3.8) is 0 Å². The van der Waals surface area contributed by atoms with E-state index < -0.39 is 88.2 Å². The van der Waals surface area contributed by atoms with Crippen molar-refractivity contribution in [3.8, 4) is 0 Å². The number of sulfone groups is 1. The summed E-state index contributed by atoms with van der Waals surface area (Å²) in [6.07, 6.45) is 0. The van der Waals surface area contributed by atoms with E-state index in [9.17, 15) is 55.7 Å². The van der Waals surface area contributed by atoms with Gasteiger partial charge in [-0.2, -0.15) is 33.7 Å². The summed E-state index contributed by atoms with van der Waals surface area (Å²) in [7, 11) is -25.8. The fourth-order valence-corrected chi connectivity index (χ4v) is 7.66. The predicted octanol–water partition coefficient (Wildman–Crippen LogP) is 1.17. The van der Waals surface area contributed by atoms with Gasteiger partial charge in [-0.15, -0.1) is 10.2 Å². The van der Waals surface area contributed by atoms with Crippen molar-refractivity contribution in [2.45, 2.75) is 19.6 Å². The number of nitrogens with zero attached hydrogens (tertiary/aromatic N) is 2. The van der Waals surface area contributed by atoms with Crippen LogP contribution in [0.4, 0.5) is 17.1 Å². The molecule has 41 heavy (non-hydrogen) atoms. The second-order valence-corrected chi connectivity index (χ2v) is 15.2. The quantitative estimate of drug-likeness (QED) is 0.114. The second-order valence-electron chi connectivity index (χ2n) is 7.82. The molecule has 0 amide bonds. The molecule has 0 radical (unpaired) electrons. The van der Waals surface area contributed by atoms with Crippen LogP contribution in [0.2, 0.25) is 0 Å². The minimum Gasteiger partial charge on any atom is -0.397 e. The summed E-state index contributed by atoms with van der Waals surface area (Å²) in [6, 6.07) is 6.17. The molecule has 3 aromatic carbocycles. The Kier molecular flexibility index (Phi) is 8.64. The molecule has 6 N–H and O–H groups in total. The summed E-state index contributed by atoms with van der Waals surface area (Å²) < 4.78 is 160. The molecule has 0 bridgehead atoms. The number of nitrogen functional groups attached to an aromatic ring is 1. The van der Waals surface area contributed by atoms with Gasteiger partial charge in [0.1, 0.15) is 26.1 Å². The molecule has 0 spiro atoms. The maximum absolute atomic E-state index is 12.8. The number of rotatable bonds is 10. The maximum Gasteiger partial charge on any atom is 0.397 e. The van der Waals surface area contributed by atoms with Gasteiger partial charge in [0.2, 0.25) is 0 Å². The van der Waals surface area contributed by atoms with Gasteiger partial charge in [0.05, 0.1) is 22.9 Å². The molecule has 0 saturated carbocycles. The molecule has 0 heterocycles. The molecule has 0 atom stereocenters. The molecule has 3 rings (SSSR count). The molecular formula is C18H17N3O15S5. The zero-order valence-electron chi connectivity index (χ0n) is 19.7. The Balaban J connectivity index is 2.32. The molecule has 0 saturated heterocycles. The number of fused-ring (bicyclic) bond motifs is 1. The van der Waals surface area contributed by atoms with E-state index in [-0.39, 0.29) is 34.3 Å². The van der Waals surface area contributed by atoms with E-state index in [1.807, 2.05) is 0 Å². The molecule has 23 heteroatoms. The van der Waals surface area contributed by atoms with Gasteiger partial charge in [0.25, 0.3) is 30.4 Å². The lowest BCUT2D eigenvalue weighted by Gasteiger charge is -2.12. The van der Waals surface area contributed by atoms with Gasteiger partial charge in [0, 0.05) is 10.8 Å². The van der Waals surface area contributed by atoms with Crippen LogP contribution in [0.15, 0.2) is 72.3 Å². The maximum atomic E-state index is 12.8. The highest BCUT2D eigenvalue weighted by molar-refractivity contribution is 7.93. The molecule has 0 aliphatic rings. The third-order valence-electron chi connectivity index (χ3n) is 5.06. The first-order chi connectivity index (χ1) is 18.5. The summed E-state index contributed by atoms with van der Waals surface area (Å²) >= 11 is 0. The van der Waals surface area contributed by atoms with Crippen LogP contribution in [0.5, 0.6) is 0 Å². The number of benzene rings is 3. The van der Waals surface area contributed by atoms with Crippen molar-refractivity contribution in [3.05, 3.63) is 42.5 Å². The average molecular weight is 676 g/mol. The molecule has 3 aromatic rings. The molecule has 0 aliphatic heterocycles. The Bertz CT molecular complexity index is 2140. The first-order valence-electron chi connectivity index (χ1n) is 10.2. The number of anilines is 1. The van der Waals surface area contributed by atoms with E-state index in [1.54, 1.807) is 0 Å². The monoisotopic (exact) mass is 675 g/mol. The van der Waals surface area contributed by atoms with Crippen LogP contribution in [-0.4, -0.2) is 72.7 Å². The SMILES string of the molecule is Nc1ccc2c(S(=O)(=O)O)cccc2c1N=Nc1cc(S(=O)(=O)CCOS(=O)(=O)O)c(S(=O)(=O)O)cc1S(=O)(=O)O. The van der Waals surface area contributed by atoms with Crippen molar-refractivity contribution in [1.29, 1.82) is 0 Å². The fourth-order valence-electron chi connectivity index (χ4n) is 3.39. The number of azo groups is 1. The third kappa shape index (κ3) is 7.59. The Morgan fingerprint density at radius 2 is 1.24 bits per heavy atom. The normalized spacial score (nSPS) is 13.7. The topological polar surface area (TPSA) is 312 Å². The van der Waals surface area contributed by atoms with Crippen LogP contribution in [0.1, 0.15) is 0 Å². The molecule has 0 unspecified atom stereocenters. The zero-order valence-corrected chi connectivity index (χ0v) is 23.8. The van der Waals surface area contributed by atoms with Crippen molar-refractivity contribution < 1.29 is 64.5 Å². The largest absolute Gasteiger partial charge is 0.397 e.